The Labute approximate surface area is 138 Å². The third-order valence-corrected chi connectivity index (χ3v) is 3.51. The van der Waals surface area contributed by atoms with Gasteiger partial charge in [-0.25, -0.2) is 14.3 Å². The summed E-state index contributed by atoms with van der Waals surface area (Å²) in [6, 6.07) is 4.23. The van der Waals surface area contributed by atoms with Gasteiger partial charge in [-0.15, -0.1) is 5.92 Å². The molecule has 3 N–H and O–H groups in total. The average Bonchev–Trinajstić information content (AvgIpc) is 2.58. The largest absolute Gasteiger partial charge is 0.370 e. The number of carbonyl (C=O) groups is 2. The Kier molecular flexibility index (Phi) is 6.82. The summed E-state index contributed by atoms with van der Waals surface area (Å²) in [5.74, 6) is 3.49. The Bertz CT molecular complexity index is 652. The van der Waals surface area contributed by atoms with E-state index in [-0.39, 0.29) is 5.56 Å². The van der Waals surface area contributed by atoms with Crippen LogP contribution in [0.1, 0.15) is 29.8 Å². The predicted molar refractivity (Wildman–Crippen MR) is 81.6 cm³/mol. The highest BCUT2D eigenvalue weighted by molar-refractivity contribution is 5.97. The van der Waals surface area contributed by atoms with E-state index in [4.69, 9.17) is 9.94 Å². The molecule has 2 atom stereocenters. The van der Waals surface area contributed by atoms with Gasteiger partial charge in [-0.2, -0.15) is 0 Å². The molecule has 1 aromatic rings. The molecule has 1 aromatic carbocycles. The number of amides is 2. The van der Waals surface area contributed by atoms with E-state index in [9.17, 15) is 18.4 Å². The number of methoxy groups -OCH3 is 1. The molecule has 1 rings (SSSR count). The van der Waals surface area contributed by atoms with Gasteiger partial charge in [0.25, 0.3) is 18.2 Å². The molecule has 2 unspecified atom stereocenters. The van der Waals surface area contributed by atoms with Crippen molar-refractivity contribution >= 4 is 11.8 Å². The first-order valence-electron chi connectivity index (χ1n) is 6.91. The minimum Gasteiger partial charge on any atom is -0.370 e. The van der Waals surface area contributed by atoms with E-state index < -0.39 is 29.9 Å². The Hall–Kier alpha value is -2.50. The zero-order chi connectivity index (χ0) is 18.3. The van der Waals surface area contributed by atoms with Crippen molar-refractivity contribution in [1.82, 2.24) is 10.8 Å². The van der Waals surface area contributed by atoms with Crippen molar-refractivity contribution in [3.05, 3.63) is 35.4 Å². The molecule has 2 amide bonds. The highest BCUT2D eigenvalue weighted by atomic mass is 19.3. The number of hydrogen-bond donors (Lipinski definition) is 3. The number of nitrogens with one attached hydrogen (secondary N) is 2. The van der Waals surface area contributed by atoms with Crippen molar-refractivity contribution < 1.29 is 28.3 Å². The summed E-state index contributed by atoms with van der Waals surface area (Å²) in [6.07, 6.45) is -3.09. The third-order valence-electron chi connectivity index (χ3n) is 3.51. The topological polar surface area (TPSA) is 87.7 Å². The standard InChI is InChI=1S/C16H18F2N2O4/c1-4-5-10-6-8-11(9-7-10)13(21)19-12(14(22)20-23)16(2,24-3)15(17)18/h6-9,12,15,23H,1-3H3,(H,19,21)(H,20,22). The second-order valence-electron chi connectivity index (χ2n) is 5.02. The van der Waals surface area contributed by atoms with Crippen LogP contribution < -0.4 is 10.8 Å². The van der Waals surface area contributed by atoms with Crippen molar-refractivity contribution in [3.63, 3.8) is 0 Å². The van der Waals surface area contributed by atoms with E-state index in [0.29, 0.717) is 5.56 Å². The monoisotopic (exact) mass is 340 g/mol. The maximum Gasteiger partial charge on any atom is 0.269 e. The van der Waals surface area contributed by atoms with E-state index in [1.54, 1.807) is 19.1 Å². The predicted octanol–water partition coefficient (Wildman–Crippen LogP) is 1.33. The maximum absolute atomic E-state index is 13.3. The molecule has 0 saturated carbocycles. The van der Waals surface area contributed by atoms with Crippen LogP contribution in [0.2, 0.25) is 0 Å². The van der Waals surface area contributed by atoms with Gasteiger partial charge >= 0.3 is 0 Å². The minimum absolute atomic E-state index is 0.139. The Morgan fingerprint density at radius 3 is 2.29 bits per heavy atom. The van der Waals surface area contributed by atoms with Crippen LogP contribution in [0.5, 0.6) is 0 Å². The van der Waals surface area contributed by atoms with Gasteiger partial charge in [0.2, 0.25) is 0 Å². The lowest BCUT2D eigenvalue weighted by atomic mass is 9.95. The second-order valence-corrected chi connectivity index (χ2v) is 5.02. The molecule has 0 bridgehead atoms. The van der Waals surface area contributed by atoms with E-state index in [2.05, 4.69) is 17.2 Å². The molecule has 0 spiro atoms. The summed E-state index contributed by atoms with van der Waals surface area (Å²) >= 11 is 0. The van der Waals surface area contributed by atoms with Crippen molar-refractivity contribution in [1.29, 1.82) is 0 Å². The lowest BCUT2D eigenvalue weighted by molar-refractivity contribution is -0.157. The highest BCUT2D eigenvalue weighted by Crippen LogP contribution is 2.24. The van der Waals surface area contributed by atoms with E-state index >= 15 is 0 Å². The van der Waals surface area contributed by atoms with Crippen LogP contribution >= 0.6 is 0 Å². The van der Waals surface area contributed by atoms with Gasteiger partial charge in [0.1, 0.15) is 6.04 Å². The first-order chi connectivity index (χ1) is 11.3. The lowest BCUT2D eigenvalue weighted by Gasteiger charge is -2.34. The van der Waals surface area contributed by atoms with Crippen molar-refractivity contribution in [2.24, 2.45) is 0 Å². The first kappa shape index (κ1) is 19.5. The lowest BCUT2D eigenvalue weighted by Crippen LogP contribution is -2.62. The highest BCUT2D eigenvalue weighted by Gasteiger charge is 2.48. The Morgan fingerprint density at radius 2 is 1.88 bits per heavy atom. The van der Waals surface area contributed by atoms with E-state index in [1.165, 1.54) is 17.6 Å². The molecule has 0 radical (unpaired) electrons. The molecular formula is C16H18F2N2O4. The van der Waals surface area contributed by atoms with Crippen LogP contribution in [-0.2, 0) is 9.53 Å². The van der Waals surface area contributed by atoms with Gasteiger partial charge in [0.15, 0.2) is 5.60 Å². The number of benzene rings is 1. The number of carbonyl (C=O) groups excluding carboxylic acids is 2. The molecule has 0 aromatic heterocycles. The Balaban J connectivity index is 3.07. The molecule has 0 aliphatic rings. The summed E-state index contributed by atoms with van der Waals surface area (Å²) in [7, 11) is 0.980. The maximum atomic E-state index is 13.3. The third kappa shape index (κ3) is 4.28. The van der Waals surface area contributed by atoms with Crippen LogP contribution in [0.25, 0.3) is 0 Å². The molecule has 8 heteroatoms. The number of rotatable bonds is 6. The van der Waals surface area contributed by atoms with Gasteiger partial charge in [0.05, 0.1) is 0 Å². The van der Waals surface area contributed by atoms with Gasteiger partial charge < -0.3 is 10.1 Å². The van der Waals surface area contributed by atoms with Crippen LogP contribution in [0, 0.1) is 11.8 Å². The van der Waals surface area contributed by atoms with Gasteiger partial charge in [-0.1, -0.05) is 5.92 Å². The van der Waals surface area contributed by atoms with Crippen LogP contribution in [0.15, 0.2) is 24.3 Å². The normalized spacial score (nSPS) is 14.1. The molecule has 24 heavy (non-hydrogen) atoms. The molecule has 6 nitrogen and oxygen atoms in total. The molecule has 0 fully saturated rings. The van der Waals surface area contributed by atoms with Crippen LogP contribution in [0.4, 0.5) is 8.78 Å². The van der Waals surface area contributed by atoms with Crippen LogP contribution in [0.3, 0.4) is 0 Å². The van der Waals surface area contributed by atoms with Crippen LogP contribution in [-0.4, -0.2) is 42.2 Å². The summed E-state index contributed by atoms with van der Waals surface area (Å²) in [5, 5.41) is 10.9. The fourth-order valence-electron chi connectivity index (χ4n) is 1.93. The van der Waals surface area contributed by atoms with Gasteiger partial charge in [-0.05, 0) is 38.1 Å². The first-order valence-corrected chi connectivity index (χ1v) is 6.91. The molecule has 0 saturated heterocycles. The molecule has 0 heterocycles. The van der Waals surface area contributed by atoms with E-state index in [1.807, 2.05) is 0 Å². The van der Waals surface area contributed by atoms with Gasteiger partial charge in [0, 0.05) is 18.2 Å². The quantitative estimate of drug-likeness (QED) is 0.414. The van der Waals surface area contributed by atoms with Crippen molar-refractivity contribution in [3.8, 4) is 11.8 Å². The number of hydrogen-bond acceptors (Lipinski definition) is 4. The number of halogens is 2. The summed E-state index contributed by atoms with van der Waals surface area (Å²) in [4.78, 5) is 23.9. The molecular weight excluding hydrogens is 322 g/mol. The minimum atomic E-state index is -3.09. The summed E-state index contributed by atoms with van der Waals surface area (Å²) in [5.41, 5.74) is -0.253. The van der Waals surface area contributed by atoms with E-state index in [0.717, 1.165) is 14.0 Å². The number of alkyl halides is 2. The van der Waals surface area contributed by atoms with Crippen molar-refractivity contribution in [2.45, 2.75) is 31.9 Å². The fourth-order valence-corrected chi connectivity index (χ4v) is 1.93. The number of hydroxylamine groups is 1. The van der Waals surface area contributed by atoms with Gasteiger partial charge in [-0.3, -0.25) is 14.8 Å². The number of ether oxygens (including phenoxy) is 1. The molecule has 130 valence electrons. The van der Waals surface area contributed by atoms with Crippen molar-refractivity contribution in [2.75, 3.05) is 7.11 Å². The second kappa shape index (κ2) is 8.38. The summed E-state index contributed by atoms with van der Waals surface area (Å²) in [6.45, 7) is 2.62. The average molecular weight is 340 g/mol. The zero-order valence-electron chi connectivity index (χ0n) is 13.4. The SMILES string of the molecule is CC#Cc1ccc(C(=O)NC(C(=O)NO)C(C)(OC)C(F)F)cc1. The molecule has 0 aliphatic heterocycles. The fraction of sp³-hybridized carbons (Fsp3) is 0.375. The smallest absolute Gasteiger partial charge is 0.269 e. The molecule has 0 aliphatic carbocycles. The zero-order valence-corrected chi connectivity index (χ0v) is 13.4. The summed E-state index contributed by atoms with van der Waals surface area (Å²) < 4.78 is 31.3. The Morgan fingerprint density at radius 1 is 1.29 bits per heavy atom.